The molecule has 16 heavy (non-hydrogen) atoms. The highest BCUT2D eigenvalue weighted by Gasteiger charge is 2.07. The molecule has 2 heterocycles. The second kappa shape index (κ2) is 4.47. The minimum Gasteiger partial charge on any atom is -0.369 e. The van der Waals surface area contributed by atoms with Gasteiger partial charge in [-0.15, -0.1) is 0 Å². The number of fused-ring (bicyclic) bond motifs is 1. The SMILES string of the molecule is CCC(C)CNc1ncnc2c1cnn2C. The Morgan fingerprint density at radius 1 is 1.44 bits per heavy atom. The van der Waals surface area contributed by atoms with Crippen LogP contribution in [0.5, 0.6) is 0 Å². The van der Waals surface area contributed by atoms with E-state index >= 15 is 0 Å². The summed E-state index contributed by atoms with van der Waals surface area (Å²) in [5.41, 5.74) is 0.863. The van der Waals surface area contributed by atoms with Gasteiger partial charge in [0.1, 0.15) is 12.1 Å². The summed E-state index contributed by atoms with van der Waals surface area (Å²) in [6.45, 7) is 5.33. The minimum absolute atomic E-state index is 0.640. The molecule has 2 rings (SSSR count). The number of rotatable bonds is 4. The maximum absolute atomic E-state index is 4.25. The topological polar surface area (TPSA) is 55.6 Å². The number of hydrogen-bond acceptors (Lipinski definition) is 4. The van der Waals surface area contributed by atoms with E-state index in [9.17, 15) is 0 Å². The van der Waals surface area contributed by atoms with Crippen molar-refractivity contribution < 1.29 is 0 Å². The van der Waals surface area contributed by atoms with Crippen molar-refractivity contribution >= 4 is 16.9 Å². The zero-order valence-electron chi connectivity index (χ0n) is 9.94. The van der Waals surface area contributed by atoms with Crippen LogP contribution >= 0.6 is 0 Å². The van der Waals surface area contributed by atoms with Gasteiger partial charge in [-0.1, -0.05) is 20.3 Å². The number of anilines is 1. The van der Waals surface area contributed by atoms with Crippen molar-refractivity contribution in [3.05, 3.63) is 12.5 Å². The highest BCUT2D eigenvalue weighted by molar-refractivity contribution is 5.85. The molecule has 1 unspecified atom stereocenters. The highest BCUT2D eigenvalue weighted by Crippen LogP contribution is 2.18. The van der Waals surface area contributed by atoms with Crippen LogP contribution in [0.3, 0.4) is 0 Å². The lowest BCUT2D eigenvalue weighted by Crippen LogP contribution is -2.11. The first-order chi connectivity index (χ1) is 7.72. The van der Waals surface area contributed by atoms with Gasteiger partial charge in [-0.05, 0) is 5.92 Å². The fraction of sp³-hybridized carbons (Fsp3) is 0.545. The Bertz CT molecular complexity index is 476. The van der Waals surface area contributed by atoms with Crippen LogP contribution in [0.4, 0.5) is 5.82 Å². The van der Waals surface area contributed by atoms with Crippen molar-refractivity contribution in [3.63, 3.8) is 0 Å². The van der Waals surface area contributed by atoms with E-state index in [1.165, 1.54) is 0 Å². The number of nitrogens with zero attached hydrogens (tertiary/aromatic N) is 4. The fourth-order valence-electron chi connectivity index (χ4n) is 1.52. The summed E-state index contributed by atoms with van der Waals surface area (Å²) in [6.07, 6.45) is 4.53. The molecule has 5 heteroatoms. The number of nitrogens with one attached hydrogen (secondary N) is 1. The third-order valence-electron chi connectivity index (χ3n) is 2.84. The average Bonchev–Trinajstić information content (AvgIpc) is 2.69. The van der Waals surface area contributed by atoms with E-state index in [4.69, 9.17) is 0 Å². The molecule has 0 aliphatic rings. The smallest absolute Gasteiger partial charge is 0.163 e. The molecule has 1 atom stereocenters. The number of hydrogen-bond donors (Lipinski definition) is 1. The Morgan fingerprint density at radius 2 is 2.25 bits per heavy atom. The van der Waals surface area contributed by atoms with Gasteiger partial charge in [0.05, 0.1) is 11.6 Å². The first-order valence-corrected chi connectivity index (χ1v) is 5.59. The lowest BCUT2D eigenvalue weighted by atomic mass is 10.1. The van der Waals surface area contributed by atoms with E-state index in [0.29, 0.717) is 5.92 Å². The molecular formula is C11H17N5. The van der Waals surface area contributed by atoms with E-state index in [0.717, 1.165) is 29.8 Å². The molecule has 0 fully saturated rings. The minimum atomic E-state index is 0.640. The monoisotopic (exact) mass is 219 g/mol. The van der Waals surface area contributed by atoms with Crippen molar-refractivity contribution in [2.75, 3.05) is 11.9 Å². The van der Waals surface area contributed by atoms with Gasteiger partial charge < -0.3 is 5.32 Å². The molecule has 2 aromatic heterocycles. The molecule has 5 nitrogen and oxygen atoms in total. The van der Waals surface area contributed by atoms with Crippen molar-refractivity contribution in [1.29, 1.82) is 0 Å². The van der Waals surface area contributed by atoms with Gasteiger partial charge in [0.15, 0.2) is 5.65 Å². The molecule has 0 aliphatic heterocycles. The normalized spacial score (nSPS) is 12.9. The Morgan fingerprint density at radius 3 is 3.00 bits per heavy atom. The van der Waals surface area contributed by atoms with Gasteiger partial charge >= 0.3 is 0 Å². The van der Waals surface area contributed by atoms with E-state index in [1.807, 2.05) is 7.05 Å². The fourth-order valence-corrected chi connectivity index (χ4v) is 1.52. The maximum Gasteiger partial charge on any atom is 0.163 e. The second-order valence-electron chi connectivity index (χ2n) is 4.12. The molecule has 0 saturated heterocycles. The highest BCUT2D eigenvalue weighted by atomic mass is 15.3. The second-order valence-corrected chi connectivity index (χ2v) is 4.12. The predicted molar refractivity (Wildman–Crippen MR) is 64.2 cm³/mol. The molecule has 2 aromatic rings. The van der Waals surface area contributed by atoms with Crippen LogP contribution in [-0.2, 0) is 7.05 Å². The zero-order chi connectivity index (χ0) is 11.5. The Balaban J connectivity index is 2.24. The third kappa shape index (κ3) is 1.98. The molecule has 0 aliphatic carbocycles. The largest absolute Gasteiger partial charge is 0.369 e. The van der Waals surface area contributed by atoms with E-state index < -0.39 is 0 Å². The standard InChI is InChI=1S/C11H17N5/c1-4-8(2)5-12-10-9-6-15-16(3)11(9)14-7-13-10/h6-8H,4-5H2,1-3H3,(H,12,13,14). The summed E-state index contributed by atoms with van der Waals surface area (Å²) in [6, 6.07) is 0. The first kappa shape index (κ1) is 10.9. The molecule has 0 amide bonds. The van der Waals surface area contributed by atoms with Gasteiger partial charge in [0.25, 0.3) is 0 Å². The summed E-state index contributed by atoms with van der Waals surface area (Å²) in [4.78, 5) is 8.45. The molecule has 0 aromatic carbocycles. The average molecular weight is 219 g/mol. The zero-order valence-corrected chi connectivity index (χ0v) is 9.94. The molecular weight excluding hydrogens is 202 g/mol. The Labute approximate surface area is 94.9 Å². The number of aryl methyl sites for hydroxylation is 1. The maximum atomic E-state index is 4.25. The molecule has 0 bridgehead atoms. The number of aromatic nitrogens is 4. The quantitative estimate of drug-likeness (QED) is 0.852. The van der Waals surface area contributed by atoms with Crippen molar-refractivity contribution in [1.82, 2.24) is 19.7 Å². The molecule has 0 saturated carbocycles. The van der Waals surface area contributed by atoms with Gasteiger partial charge in [-0.2, -0.15) is 5.10 Å². The van der Waals surface area contributed by atoms with Crippen LogP contribution in [0.1, 0.15) is 20.3 Å². The van der Waals surface area contributed by atoms with Gasteiger partial charge in [-0.25, -0.2) is 9.97 Å². The Hall–Kier alpha value is -1.65. The van der Waals surface area contributed by atoms with Crippen LogP contribution < -0.4 is 5.32 Å². The van der Waals surface area contributed by atoms with Crippen molar-refractivity contribution in [2.45, 2.75) is 20.3 Å². The van der Waals surface area contributed by atoms with Crippen LogP contribution in [0.15, 0.2) is 12.5 Å². The Kier molecular flexibility index (Phi) is 3.03. The van der Waals surface area contributed by atoms with Gasteiger partial charge in [0.2, 0.25) is 0 Å². The van der Waals surface area contributed by atoms with Crippen LogP contribution in [0.2, 0.25) is 0 Å². The first-order valence-electron chi connectivity index (χ1n) is 5.59. The molecule has 86 valence electrons. The summed E-state index contributed by atoms with van der Waals surface area (Å²) < 4.78 is 1.76. The van der Waals surface area contributed by atoms with Gasteiger partial charge in [0, 0.05) is 13.6 Å². The van der Waals surface area contributed by atoms with E-state index in [1.54, 1.807) is 17.2 Å². The van der Waals surface area contributed by atoms with Crippen molar-refractivity contribution in [2.24, 2.45) is 13.0 Å². The van der Waals surface area contributed by atoms with Crippen molar-refractivity contribution in [3.8, 4) is 0 Å². The molecule has 1 N–H and O–H groups in total. The lowest BCUT2D eigenvalue weighted by molar-refractivity contribution is 0.593. The lowest BCUT2D eigenvalue weighted by Gasteiger charge is -2.10. The summed E-state index contributed by atoms with van der Waals surface area (Å²) in [5.74, 6) is 1.51. The summed E-state index contributed by atoms with van der Waals surface area (Å²) >= 11 is 0. The van der Waals surface area contributed by atoms with Crippen LogP contribution in [0, 0.1) is 5.92 Å². The predicted octanol–water partition coefficient (Wildman–Crippen LogP) is 1.82. The van der Waals surface area contributed by atoms with E-state index in [2.05, 4.69) is 34.2 Å². The van der Waals surface area contributed by atoms with E-state index in [-0.39, 0.29) is 0 Å². The van der Waals surface area contributed by atoms with Crippen LogP contribution in [0.25, 0.3) is 11.0 Å². The molecule has 0 radical (unpaired) electrons. The van der Waals surface area contributed by atoms with Crippen LogP contribution in [-0.4, -0.2) is 26.3 Å². The molecule has 0 spiro atoms. The summed E-state index contributed by atoms with van der Waals surface area (Å²) in [7, 11) is 1.88. The summed E-state index contributed by atoms with van der Waals surface area (Å²) in [5, 5.41) is 8.50. The van der Waals surface area contributed by atoms with Gasteiger partial charge in [-0.3, -0.25) is 4.68 Å². The third-order valence-corrected chi connectivity index (χ3v) is 2.84.